The second-order valence-electron chi connectivity index (χ2n) is 4.42. The van der Waals surface area contributed by atoms with E-state index in [1.807, 2.05) is 13.1 Å². The van der Waals surface area contributed by atoms with E-state index in [-0.39, 0.29) is 11.9 Å². The number of carbonyl (C=O) groups is 1. The molecule has 0 aliphatic heterocycles. The van der Waals surface area contributed by atoms with Crippen molar-refractivity contribution < 1.29 is 4.79 Å². The van der Waals surface area contributed by atoms with Gasteiger partial charge in [-0.15, -0.1) is 11.3 Å². The molecule has 1 heterocycles. The lowest BCUT2D eigenvalue weighted by Crippen LogP contribution is -2.27. The molecule has 6 heteroatoms. The zero-order chi connectivity index (χ0) is 14.7. The van der Waals surface area contributed by atoms with Crippen LogP contribution in [0.5, 0.6) is 0 Å². The van der Waals surface area contributed by atoms with Gasteiger partial charge in [0.1, 0.15) is 5.01 Å². The van der Waals surface area contributed by atoms with Crippen LogP contribution in [0.4, 0.5) is 5.69 Å². The SMILES string of the molecule is CCc1cnc(C(C)NC(=O)c2c(N)cccc2Cl)s1. The van der Waals surface area contributed by atoms with Crippen molar-refractivity contribution in [2.75, 3.05) is 5.73 Å². The molecule has 1 unspecified atom stereocenters. The Kier molecular flexibility index (Phi) is 4.62. The van der Waals surface area contributed by atoms with Gasteiger partial charge in [-0.05, 0) is 25.5 Å². The molecule has 2 aromatic rings. The summed E-state index contributed by atoms with van der Waals surface area (Å²) in [5, 5.41) is 4.10. The fraction of sp³-hybridized carbons (Fsp3) is 0.286. The van der Waals surface area contributed by atoms with Crippen LogP contribution in [0.2, 0.25) is 5.02 Å². The molecule has 2 rings (SSSR count). The summed E-state index contributed by atoms with van der Waals surface area (Å²) in [7, 11) is 0. The lowest BCUT2D eigenvalue weighted by atomic mass is 10.1. The fourth-order valence-electron chi connectivity index (χ4n) is 1.80. The van der Waals surface area contributed by atoms with Crippen molar-refractivity contribution in [3.63, 3.8) is 0 Å². The van der Waals surface area contributed by atoms with Crippen molar-refractivity contribution in [2.45, 2.75) is 26.3 Å². The van der Waals surface area contributed by atoms with E-state index in [0.29, 0.717) is 16.3 Å². The van der Waals surface area contributed by atoms with Crippen LogP contribution < -0.4 is 11.1 Å². The number of nitrogen functional groups attached to an aromatic ring is 1. The van der Waals surface area contributed by atoms with Crippen LogP contribution in [0.25, 0.3) is 0 Å². The summed E-state index contributed by atoms with van der Waals surface area (Å²) < 4.78 is 0. The molecular formula is C14H16ClN3OS. The Bertz CT molecular complexity index is 606. The van der Waals surface area contributed by atoms with Crippen LogP contribution >= 0.6 is 22.9 Å². The van der Waals surface area contributed by atoms with E-state index in [0.717, 1.165) is 11.4 Å². The van der Waals surface area contributed by atoms with Crippen LogP contribution in [-0.4, -0.2) is 10.9 Å². The first-order valence-corrected chi connectivity index (χ1v) is 7.51. The summed E-state index contributed by atoms with van der Waals surface area (Å²) in [6, 6.07) is 4.84. The number of halogens is 1. The Balaban J connectivity index is 2.15. The van der Waals surface area contributed by atoms with Gasteiger partial charge in [0, 0.05) is 16.8 Å². The molecule has 0 spiro atoms. The molecule has 0 fully saturated rings. The van der Waals surface area contributed by atoms with E-state index in [2.05, 4.69) is 17.2 Å². The lowest BCUT2D eigenvalue weighted by Gasteiger charge is -2.13. The highest BCUT2D eigenvalue weighted by Gasteiger charge is 2.18. The van der Waals surface area contributed by atoms with Crippen LogP contribution in [0.1, 0.15) is 40.1 Å². The van der Waals surface area contributed by atoms with Crippen LogP contribution in [-0.2, 0) is 6.42 Å². The van der Waals surface area contributed by atoms with Crippen molar-refractivity contribution in [1.82, 2.24) is 10.3 Å². The molecule has 0 radical (unpaired) electrons. The second kappa shape index (κ2) is 6.24. The van der Waals surface area contributed by atoms with Crippen molar-refractivity contribution in [2.24, 2.45) is 0 Å². The van der Waals surface area contributed by atoms with Crippen molar-refractivity contribution in [3.8, 4) is 0 Å². The standard InChI is InChI=1S/C14H16ClN3OS/c1-3-9-7-17-14(20-9)8(2)18-13(19)12-10(15)5-4-6-11(12)16/h4-8H,3,16H2,1-2H3,(H,18,19). The highest BCUT2D eigenvalue weighted by Crippen LogP contribution is 2.24. The summed E-state index contributed by atoms with van der Waals surface area (Å²) in [6.45, 7) is 3.97. The first kappa shape index (κ1) is 14.8. The molecule has 3 N–H and O–H groups in total. The number of amides is 1. The maximum Gasteiger partial charge on any atom is 0.255 e. The van der Waals surface area contributed by atoms with Crippen molar-refractivity contribution in [1.29, 1.82) is 0 Å². The van der Waals surface area contributed by atoms with E-state index in [1.54, 1.807) is 29.5 Å². The molecule has 0 bridgehead atoms. The minimum Gasteiger partial charge on any atom is -0.398 e. The molecule has 1 atom stereocenters. The molecule has 0 aliphatic carbocycles. The summed E-state index contributed by atoms with van der Waals surface area (Å²) in [6.07, 6.45) is 2.78. The van der Waals surface area contributed by atoms with E-state index in [9.17, 15) is 4.79 Å². The third-order valence-corrected chi connectivity index (χ3v) is 4.55. The summed E-state index contributed by atoms with van der Waals surface area (Å²) >= 11 is 7.62. The van der Waals surface area contributed by atoms with Crippen LogP contribution in [0.3, 0.4) is 0 Å². The van der Waals surface area contributed by atoms with Gasteiger partial charge >= 0.3 is 0 Å². The Morgan fingerprint density at radius 3 is 2.90 bits per heavy atom. The normalized spacial score (nSPS) is 12.2. The summed E-state index contributed by atoms with van der Waals surface area (Å²) in [5.74, 6) is -0.283. The molecule has 4 nitrogen and oxygen atoms in total. The van der Waals surface area contributed by atoms with Gasteiger partial charge in [-0.1, -0.05) is 24.6 Å². The van der Waals surface area contributed by atoms with E-state index >= 15 is 0 Å². The molecule has 0 saturated carbocycles. The lowest BCUT2D eigenvalue weighted by molar-refractivity contribution is 0.0941. The number of aromatic nitrogens is 1. The summed E-state index contributed by atoms with van der Waals surface area (Å²) in [5.41, 5.74) is 6.49. The average molecular weight is 310 g/mol. The molecule has 20 heavy (non-hydrogen) atoms. The average Bonchev–Trinajstić information content (AvgIpc) is 2.87. The van der Waals surface area contributed by atoms with Gasteiger partial charge in [-0.3, -0.25) is 4.79 Å². The number of nitrogens with zero attached hydrogens (tertiary/aromatic N) is 1. The number of hydrogen-bond donors (Lipinski definition) is 2. The number of anilines is 1. The summed E-state index contributed by atoms with van der Waals surface area (Å²) in [4.78, 5) is 17.8. The van der Waals surface area contributed by atoms with E-state index < -0.39 is 0 Å². The zero-order valence-corrected chi connectivity index (χ0v) is 12.9. The van der Waals surface area contributed by atoms with Crippen molar-refractivity contribution >= 4 is 34.5 Å². The Hall–Kier alpha value is -1.59. The third-order valence-electron chi connectivity index (χ3n) is 2.91. The minimum absolute atomic E-state index is 0.177. The van der Waals surface area contributed by atoms with E-state index in [4.69, 9.17) is 17.3 Å². The minimum atomic E-state index is -0.283. The van der Waals surface area contributed by atoms with Gasteiger partial charge in [0.25, 0.3) is 5.91 Å². The Labute approximate surface area is 127 Å². The third kappa shape index (κ3) is 3.11. The first-order valence-electron chi connectivity index (χ1n) is 6.32. The Morgan fingerprint density at radius 2 is 2.30 bits per heavy atom. The number of thiazole rings is 1. The van der Waals surface area contributed by atoms with Gasteiger partial charge in [-0.25, -0.2) is 4.98 Å². The smallest absolute Gasteiger partial charge is 0.255 e. The highest BCUT2D eigenvalue weighted by atomic mass is 35.5. The topological polar surface area (TPSA) is 68.0 Å². The zero-order valence-electron chi connectivity index (χ0n) is 11.3. The quantitative estimate of drug-likeness (QED) is 0.850. The number of hydrogen-bond acceptors (Lipinski definition) is 4. The molecule has 0 aliphatic rings. The van der Waals surface area contributed by atoms with Gasteiger partial charge in [0.05, 0.1) is 16.6 Å². The van der Waals surface area contributed by atoms with Gasteiger partial charge < -0.3 is 11.1 Å². The maximum atomic E-state index is 12.2. The number of nitrogens with one attached hydrogen (secondary N) is 1. The fourth-order valence-corrected chi connectivity index (χ4v) is 2.92. The van der Waals surface area contributed by atoms with Gasteiger partial charge in [0.2, 0.25) is 0 Å². The first-order chi connectivity index (χ1) is 9.52. The number of aryl methyl sites for hydroxylation is 1. The number of rotatable bonds is 4. The molecule has 1 aromatic heterocycles. The Morgan fingerprint density at radius 1 is 1.55 bits per heavy atom. The predicted octanol–water partition coefficient (Wildman–Crippen LogP) is 3.43. The molecule has 0 saturated heterocycles. The molecular weight excluding hydrogens is 294 g/mol. The molecule has 1 aromatic carbocycles. The largest absolute Gasteiger partial charge is 0.398 e. The van der Waals surface area contributed by atoms with Crippen molar-refractivity contribution in [3.05, 3.63) is 44.9 Å². The molecule has 1 amide bonds. The monoisotopic (exact) mass is 309 g/mol. The van der Waals surface area contributed by atoms with Crippen LogP contribution in [0, 0.1) is 0 Å². The van der Waals surface area contributed by atoms with Gasteiger partial charge in [0.15, 0.2) is 0 Å². The van der Waals surface area contributed by atoms with E-state index in [1.165, 1.54) is 4.88 Å². The number of carbonyl (C=O) groups excluding carboxylic acids is 1. The number of benzene rings is 1. The highest BCUT2D eigenvalue weighted by molar-refractivity contribution is 7.11. The second-order valence-corrected chi connectivity index (χ2v) is 5.97. The van der Waals surface area contributed by atoms with Gasteiger partial charge in [-0.2, -0.15) is 0 Å². The number of nitrogens with two attached hydrogens (primary N) is 1. The predicted molar refractivity (Wildman–Crippen MR) is 83.2 cm³/mol. The maximum absolute atomic E-state index is 12.2. The van der Waals surface area contributed by atoms with Crippen LogP contribution in [0.15, 0.2) is 24.4 Å². The molecule has 106 valence electrons.